The monoisotopic (exact) mass is 461 g/mol. The summed E-state index contributed by atoms with van der Waals surface area (Å²) in [6.45, 7) is 6.35. The minimum absolute atomic E-state index is 0.0509. The van der Waals surface area contributed by atoms with Crippen molar-refractivity contribution in [3.8, 4) is 16.9 Å². The van der Waals surface area contributed by atoms with E-state index in [9.17, 15) is 4.79 Å². The van der Waals surface area contributed by atoms with E-state index in [1.807, 2.05) is 80.1 Å². The van der Waals surface area contributed by atoms with Gasteiger partial charge in [0.1, 0.15) is 0 Å². The first-order valence-electron chi connectivity index (χ1n) is 11.7. The van der Waals surface area contributed by atoms with Gasteiger partial charge in [0.05, 0.1) is 17.6 Å². The Morgan fingerprint density at radius 1 is 0.943 bits per heavy atom. The van der Waals surface area contributed by atoms with Crippen LogP contribution < -0.4 is 5.32 Å². The summed E-state index contributed by atoms with van der Waals surface area (Å²) in [6.07, 6.45) is 2.04. The maximum Gasteiger partial charge on any atom is 0.224 e. The van der Waals surface area contributed by atoms with Crippen LogP contribution in [0.25, 0.3) is 27.8 Å². The van der Waals surface area contributed by atoms with Crippen LogP contribution in [0.4, 0.5) is 0 Å². The number of pyridine rings is 2. The third kappa shape index (κ3) is 4.68. The second-order valence-electron chi connectivity index (χ2n) is 8.75. The van der Waals surface area contributed by atoms with E-state index in [1.54, 1.807) is 6.20 Å². The third-order valence-electron chi connectivity index (χ3n) is 6.13. The Morgan fingerprint density at radius 3 is 2.43 bits per heavy atom. The van der Waals surface area contributed by atoms with Gasteiger partial charge in [-0.05, 0) is 61.2 Å². The smallest absolute Gasteiger partial charge is 0.224 e. The molecule has 0 aliphatic carbocycles. The van der Waals surface area contributed by atoms with Crippen LogP contribution in [0.3, 0.4) is 0 Å². The molecule has 5 rings (SSSR count). The fourth-order valence-electron chi connectivity index (χ4n) is 4.46. The maximum absolute atomic E-state index is 13.0. The molecular weight excluding hydrogens is 434 g/mol. The van der Waals surface area contributed by atoms with Crippen LogP contribution >= 0.6 is 0 Å². The Bertz CT molecular complexity index is 1500. The van der Waals surface area contributed by atoms with Crippen LogP contribution in [0.5, 0.6) is 0 Å². The number of aryl methyl sites for hydroxylation is 3. The second-order valence-corrected chi connectivity index (χ2v) is 8.75. The first-order chi connectivity index (χ1) is 17.0. The van der Waals surface area contributed by atoms with Crippen molar-refractivity contribution in [1.82, 2.24) is 25.1 Å². The highest BCUT2D eigenvalue weighted by atomic mass is 16.1. The van der Waals surface area contributed by atoms with E-state index in [0.717, 1.165) is 56.1 Å². The molecule has 6 nitrogen and oxygen atoms in total. The molecule has 0 bridgehead atoms. The normalized spacial score (nSPS) is 11.1. The van der Waals surface area contributed by atoms with E-state index in [0.29, 0.717) is 6.54 Å². The van der Waals surface area contributed by atoms with Crippen molar-refractivity contribution in [1.29, 1.82) is 0 Å². The zero-order valence-electron chi connectivity index (χ0n) is 20.1. The molecule has 0 unspecified atom stereocenters. The van der Waals surface area contributed by atoms with Gasteiger partial charge in [-0.3, -0.25) is 9.78 Å². The number of rotatable bonds is 6. The van der Waals surface area contributed by atoms with Gasteiger partial charge in [-0.1, -0.05) is 54.6 Å². The molecule has 1 amide bonds. The molecule has 0 atom stereocenters. The first kappa shape index (κ1) is 22.5. The highest BCUT2D eigenvalue weighted by Gasteiger charge is 2.17. The van der Waals surface area contributed by atoms with Crippen LogP contribution in [0.2, 0.25) is 0 Å². The number of nitrogens with one attached hydrogen (secondary N) is 1. The number of nitrogens with zero attached hydrogens (tertiary/aromatic N) is 4. The Kier molecular flexibility index (Phi) is 6.10. The van der Waals surface area contributed by atoms with Crippen molar-refractivity contribution >= 4 is 16.8 Å². The zero-order chi connectivity index (χ0) is 24.4. The molecule has 35 heavy (non-hydrogen) atoms. The van der Waals surface area contributed by atoms with Crippen molar-refractivity contribution in [3.05, 3.63) is 107 Å². The fourth-order valence-corrected chi connectivity index (χ4v) is 4.46. The van der Waals surface area contributed by atoms with E-state index in [1.165, 1.54) is 0 Å². The molecule has 0 saturated carbocycles. The predicted molar refractivity (Wildman–Crippen MR) is 138 cm³/mol. The summed E-state index contributed by atoms with van der Waals surface area (Å²) >= 11 is 0. The lowest BCUT2D eigenvalue weighted by Gasteiger charge is -2.16. The average Bonchev–Trinajstić information content (AvgIpc) is 3.21. The van der Waals surface area contributed by atoms with E-state index in [-0.39, 0.29) is 12.3 Å². The summed E-state index contributed by atoms with van der Waals surface area (Å²) in [5, 5.41) is 8.57. The lowest BCUT2D eigenvalue weighted by Crippen LogP contribution is -2.25. The number of carbonyl (C=O) groups is 1. The van der Waals surface area contributed by atoms with Crippen LogP contribution in [0.15, 0.2) is 79.0 Å². The molecule has 0 saturated heterocycles. The van der Waals surface area contributed by atoms with Crippen LogP contribution in [-0.4, -0.2) is 25.7 Å². The van der Waals surface area contributed by atoms with E-state index < -0.39 is 0 Å². The van der Waals surface area contributed by atoms with Gasteiger partial charge in [-0.2, -0.15) is 5.10 Å². The summed E-state index contributed by atoms with van der Waals surface area (Å²) in [6, 6.07) is 24.2. The summed E-state index contributed by atoms with van der Waals surface area (Å²) in [5.41, 5.74) is 7.82. The largest absolute Gasteiger partial charge is 0.352 e. The highest BCUT2D eigenvalue weighted by Crippen LogP contribution is 2.33. The van der Waals surface area contributed by atoms with Crippen LogP contribution in [0.1, 0.15) is 28.2 Å². The molecule has 3 heterocycles. The number of benzene rings is 2. The van der Waals surface area contributed by atoms with Gasteiger partial charge in [0.2, 0.25) is 5.91 Å². The average molecular weight is 462 g/mol. The molecule has 0 spiro atoms. The van der Waals surface area contributed by atoms with E-state index >= 15 is 0 Å². The number of fused-ring (bicyclic) bond motifs is 1. The molecular formula is C29H27N5O. The Hall–Kier alpha value is -4.32. The summed E-state index contributed by atoms with van der Waals surface area (Å²) in [7, 11) is 0. The molecule has 0 aliphatic heterocycles. The minimum Gasteiger partial charge on any atom is -0.352 e. The molecule has 5 aromatic rings. The standard InChI is InChI=1S/C29H27N5O/c1-19-15-20(2)34(33-19)27-14-13-22(17-30-27)18-31-28(35)16-25-21(3)32-26-12-8-7-11-24(26)29(25)23-9-5-4-6-10-23/h4-15,17H,16,18H2,1-3H3,(H,31,35). The molecule has 174 valence electrons. The Morgan fingerprint density at radius 2 is 1.71 bits per heavy atom. The maximum atomic E-state index is 13.0. The van der Waals surface area contributed by atoms with Gasteiger partial charge in [-0.15, -0.1) is 0 Å². The topological polar surface area (TPSA) is 72.7 Å². The van der Waals surface area contributed by atoms with E-state index in [4.69, 9.17) is 4.98 Å². The van der Waals surface area contributed by atoms with Gasteiger partial charge in [0.15, 0.2) is 5.82 Å². The third-order valence-corrected chi connectivity index (χ3v) is 6.13. The molecule has 1 N–H and O–H groups in total. The van der Waals surface area contributed by atoms with Crippen molar-refractivity contribution in [2.24, 2.45) is 0 Å². The number of amides is 1. The summed E-state index contributed by atoms with van der Waals surface area (Å²) in [5.74, 6) is 0.709. The molecule has 3 aromatic heterocycles. The minimum atomic E-state index is -0.0509. The predicted octanol–water partition coefficient (Wildman–Crippen LogP) is 5.27. The molecule has 0 radical (unpaired) electrons. The molecule has 2 aromatic carbocycles. The van der Waals surface area contributed by atoms with Crippen molar-refractivity contribution < 1.29 is 4.79 Å². The zero-order valence-corrected chi connectivity index (χ0v) is 20.1. The van der Waals surface area contributed by atoms with Crippen LogP contribution in [0, 0.1) is 20.8 Å². The number of para-hydroxylation sites is 1. The van der Waals surface area contributed by atoms with Crippen molar-refractivity contribution in [2.45, 2.75) is 33.7 Å². The first-order valence-corrected chi connectivity index (χ1v) is 11.7. The fraction of sp³-hybridized carbons (Fsp3) is 0.172. The molecule has 6 heteroatoms. The van der Waals surface area contributed by atoms with Crippen molar-refractivity contribution in [2.75, 3.05) is 0 Å². The number of aromatic nitrogens is 4. The SMILES string of the molecule is Cc1cc(C)n(-c2ccc(CNC(=O)Cc3c(C)nc4ccccc4c3-c3ccccc3)cn2)n1. The van der Waals surface area contributed by atoms with Gasteiger partial charge in [0, 0.05) is 29.5 Å². The number of carbonyl (C=O) groups excluding carboxylic acids is 1. The quantitative estimate of drug-likeness (QED) is 0.374. The van der Waals surface area contributed by atoms with Crippen molar-refractivity contribution in [3.63, 3.8) is 0 Å². The number of hydrogen-bond donors (Lipinski definition) is 1. The Labute approximate surface area is 204 Å². The highest BCUT2D eigenvalue weighted by molar-refractivity contribution is 5.98. The van der Waals surface area contributed by atoms with Gasteiger partial charge in [0.25, 0.3) is 0 Å². The summed E-state index contributed by atoms with van der Waals surface area (Å²) < 4.78 is 1.82. The summed E-state index contributed by atoms with van der Waals surface area (Å²) in [4.78, 5) is 22.3. The van der Waals surface area contributed by atoms with Gasteiger partial charge < -0.3 is 5.32 Å². The lowest BCUT2D eigenvalue weighted by atomic mass is 9.92. The van der Waals surface area contributed by atoms with Crippen LogP contribution in [-0.2, 0) is 17.8 Å². The Balaban J connectivity index is 1.36. The van der Waals surface area contributed by atoms with Gasteiger partial charge in [-0.25, -0.2) is 9.67 Å². The lowest BCUT2D eigenvalue weighted by molar-refractivity contribution is -0.120. The van der Waals surface area contributed by atoms with Gasteiger partial charge >= 0.3 is 0 Å². The number of hydrogen-bond acceptors (Lipinski definition) is 4. The molecule has 0 aliphatic rings. The molecule has 0 fully saturated rings. The van der Waals surface area contributed by atoms with E-state index in [2.05, 4.69) is 33.6 Å². The second kappa shape index (κ2) is 9.50.